The van der Waals surface area contributed by atoms with Crippen LogP contribution in [0.3, 0.4) is 0 Å². The molecule has 0 bridgehead atoms. The molecule has 12 nitrogen and oxygen atoms in total. The summed E-state index contributed by atoms with van der Waals surface area (Å²) in [4.78, 5) is 35.1. The van der Waals surface area contributed by atoms with Crippen molar-refractivity contribution in [2.45, 2.75) is 44.3 Å². The first-order chi connectivity index (χ1) is 11.0. The fraction of sp³-hybridized carbons (Fsp3) is 1.00. The van der Waals surface area contributed by atoms with Crippen molar-refractivity contribution in [2.75, 3.05) is 6.61 Å². The molecular weight excluding hydrogens is 411 g/mol. The van der Waals surface area contributed by atoms with Gasteiger partial charge in [-0.25, -0.2) is 18.1 Å². The second-order valence-corrected chi connectivity index (χ2v) is 9.78. The lowest BCUT2D eigenvalue weighted by Gasteiger charge is -2.25. The molecule has 0 aromatic carbocycles. The number of alkyl halides is 1. The summed E-state index contributed by atoms with van der Waals surface area (Å²) in [6.45, 7) is 1.45. The minimum atomic E-state index is -5.62. The minimum Gasteiger partial charge on any atom is -0.380 e. The Hall–Kier alpha value is 0.325. The van der Waals surface area contributed by atoms with Crippen LogP contribution in [0.4, 0.5) is 4.39 Å². The van der Waals surface area contributed by atoms with Crippen molar-refractivity contribution in [3.63, 3.8) is 0 Å². The molecule has 1 rings (SSSR count). The third kappa shape index (κ3) is 9.72. The Morgan fingerprint density at radius 3 is 2.20 bits per heavy atom. The van der Waals surface area contributed by atoms with Gasteiger partial charge in [0, 0.05) is 6.00 Å². The van der Waals surface area contributed by atoms with Gasteiger partial charge in [0.05, 0.1) is 12.7 Å². The van der Waals surface area contributed by atoms with E-state index in [-0.39, 0.29) is 6.42 Å². The van der Waals surface area contributed by atoms with Crippen LogP contribution < -0.4 is 0 Å². The number of halogens is 1. The van der Waals surface area contributed by atoms with E-state index in [0.717, 1.165) is 13.8 Å². The Balaban J connectivity index is 2.66. The quantitative estimate of drug-likeness (QED) is 0.299. The molecule has 0 aromatic heterocycles. The van der Waals surface area contributed by atoms with Gasteiger partial charge in [-0.2, -0.15) is 8.62 Å². The van der Waals surface area contributed by atoms with E-state index in [1.165, 1.54) is 0 Å². The summed E-state index contributed by atoms with van der Waals surface area (Å²) in [5.74, 6) is -2.06. The van der Waals surface area contributed by atoms with Crippen LogP contribution in [0.5, 0.6) is 0 Å². The van der Waals surface area contributed by atoms with Crippen LogP contribution >= 0.6 is 23.5 Å². The molecule has 0 aliphatic carbocycles. The van der Waals surface area contributed by atoms with Gasteiger partial charge in [0.25, 0.3) is 0 Å². The van der Waals surface area contributed by atoms with Crippen molar-refractivity contribution in [1.82, 2.24) is 0 Å². The number of phosphoric acid groups is 3. The molecule has 25 heavy (non-hydrogen) atoms. The van der Waals surface area contributed by atoms with Gasteiger partial charge in [0.1, 0.15) is 14.0 Å². The molecule has 3 unspecified atom stereocenters. The Bertz CT molecular complexity index is 604. The van der Waals surface area contributed by atoms with Crippen LogP contribution in [0, 0.1) is 0 Å². The van der Waals surface area contributed by atoms with Gasteiger partial charge in [-0.15, -0.1) is 0 Å². The highest BCUT2D eigenvalue weighted by Gasteiger charge is 2.43. The summed E-state index contributed by atoms with van der Waals surface area (Å²) < 4.78 is 68.4. The van der Waals surface area contributed by atoms with Crippen molar-refractivity contribution in [3.05, 3.63) is 0 Å². The van der Waals surface area contributed by atoms with E-state index in [1.807, 2.05) is 0 Å². The molecular formula is C8H17BFO12P3. The predicted octanol–water partition coefficient (Wildman–Crippen LogP) is 0.704. The van der Waals surface area contributed by atoms with Crippen molar-refractivity contribution >= 4 is 31.3 Å². The van der Waals surface area contributed by atoms with E-state index in [2.05, 4.69) is 13.1 Å². The lowest BCUT2D eigenvalue weighted by molar-refractivity contribution is -0.170. The van der Waals surface area contributed by atoms with Crippen molar-refractivity contribution in [2.24, 2.45) is 0 Å². The number of phosphoric ester groups is 1. The molecule has 1 heterocycles. The summed E-state index contributed by atoms with van der Waals surface area (Å²) in [7, 11) is -10.9. The van der Waals surface area contributed by atoms with E-state index < -0.39 is 54.1 Å². The summed E-state index contributed by atoms with van der Waals surface area (Å²) in [5.41, 5.74) is 0. The zero-order valence-corrected chi connectivity index (χ0v) is 15.7. The predicted molar refractivity (Wildman–Crippen MR) is 78.9 cm³/mol. The van der Waals surface area contributed by atoms with Gasteiger partial charge in [0.2, 0.25) is 5.85 Å². The fourth-order valence-corrected chi connectivity index (χ4v) is 4.88. The maximum Gasteiger partial charge on any atom is 0.490 e. The van der Waals surface area contributed by atoms with E-state index in [1.54, 1.807) is 0 Å². The van der Waals surface area contributed by atoms with Crippen LogP contribution in [0.15, 0.2) is 0 Å². The van der Waals surface area contributed by atoms with Crippen LogP contribution in [0.2, 0.25) is 0 Å². The molecule has 0 spiro atoms. The zero-order chi connectivity index (χ0) is 19.7. The average molecular weight is 428 g/mol. The Kier molecular flexibility index (Phi) is 7.61. The Morgan fingerprint density at radius 2 is 1.72 bits per heavy atom. The second kappa shape index (κ2) is 8.14. The molecule has 17 heteroatoms. The van der Waals surface area contributed by atoms with Gasteiger partial charge in [0.15, 0.2) is 0 Å². The van der Waals surface area contributed by atoms with Gasteiger partial charge in [-0.05, 0) is 20.3 Å². The van der Waals surface area contributed by atoms with Crippen LogP contribution in [0.25, 0.3) is 0 Å². The molecule has 146 valence electrons. The third-order valence-electron chi connectivity index (χ3n) is 2.48. The number of rotatable bonds is 9. The van der Waals surface area contributed by atoms with E-state index >= 15 is 0 Å². The molecule has 0 amide bonds. The summed E-state index contributed by atoms with van der Waals surface area (Å²) in [5, 5.41) is 0. The Morgan fingerprint density at radius 1 is 1.16 bits per heavy atom. The average Bonchev–Trinajstić information content (AvgIpc) is 2.59. The van der Waals surface area contributed by atoms with Crippen molar-refractivity contribution < 1.29 is 60.3 Å². The lowest BCUT2D eigenvalue weighted by Crippen LogP contribution is -2.34. The second-order valence-electron chi connectivity index (χ2n) is 5.36. The highest BCUT2D eigenvalue weighted by Crippen LogP contribution is 2.66. The molecule has 1 saturated heterocycles. The Labute approximate surface area is 143 Å². The van der Waals surface area contributed by atoms with Crippen molar-refractivity contribution in [3.8, 4) is 0 Å². The standard InChI is InChI=1S/C8H17BFO12P3/c1-8(2,10)20-5-3-7(9)19-6(5)4-18-24(14,15)22-25(16,17)21-23(11,12)13/h5-7H,3-4H2,1-2H3,(H,14,15)(H,16,17)(H2,11,12,13)/t5?,6-,7-/m1/s1. The summed E-state index contributed by atoms with van der Waals surface area (Å²) in [6.07, 6.45) is -2.03. The molecule has 1 aliphatic rings. The maximum absolute atomic E-state index is 13.5. The van der Waals surface area contributed by atoms with Gasteiger partial charge in [-0.3, -0.25) is 4.52 Å². The molecule has 2 radical (unpaired) electrons. The van der Waals surface area contributed by atoms with Crippen LogP contribution in [0.1, 0.15) is 20.3 Å². The molecule has 4 N–H and O–H groups in total. The third-order valence-corrected chi connectivity index (χ3v) is 6.28. The molecule has 1 fully saturated rings. The largest absolute Gasteiger partial charge is 0.490 e. The van der Waals surface area contributed by atoms with Gasteiger partial charge >= 0.3 is 23.5 Å². The SMILES string of the molecule is [B][C@H]1CC(OC(C)(C)F)[C@@H](COP(=O)(O)OP(=O)(O)OP(=O)(O)O)O1. The van der Waals surface area contributed by atoms with E-state index in [9.17, 15) is 23.0 Å². The number of hydrogen-bond donors (Lipinski definition) is 4. The van der Waals surface area contributed by atoms with Gasteiger partial charge in [-0.1, -0.05) is 0 Å². The van der Waals surface area contributed by atoms with Crippen LogP contribution in [-0.2, 0) is 36.3 Å². The summed E-state index contributed by atoms with van der Waals surface area (Å²) >= 11 is 0. The fourth-order valence-electron chi connectivity index (χ4n) is 1.85. The number of ether oxygens (including phenoxy) is 2. The highest BCUT2D eigenvalue weighted by atomic mass is 31.3. The first-order valence-corrected chi connectivity index (χ1v) is 11.1. The van der Waals surface area contributed by atoms with Crippen LogP contribution in [-0.4, -0.2) is 58.1 Å². The molecule has 5 atom stereocenters. The molecule has 1 aliphatic heterocycles. The lowest BCUT2D eigenvalue weighted by atomic mass is 9.96. The van der Waals surface area contributed by atoms with Crippen molar-refractivity contribution in [1.29, 1.82) is 0 Å². The first kappa shape index (κ1) is 23.4. The molecule has 0 saturated carbocycles. The maximum atomic E-state index is 13.5. The van der Waals surface area contributed by atoms with E-state index in [0.29, 0.717) is 0 Å². The monoisotopic (exact) mass is 428 g/mol. The van der Waals surface area contributed by atoms with E-state index in [4.69, 9.17) is 32.0 Å². The molecule has 0 aromatic rings. The highest BCUT2D eigenvalue weighted by molar-refractivity contribution is 7.66. The summed E-state index contributed by atoms with van der Waals surface area (Å²) in [6, 6.07) is -0.873. The smallest absolute Gasteiger partial charge is 0.380 e. The number of hydrogen-bond acceptors (Lipinski definition) is 8. The van der Waals surface area contributed by atoms with Gasteiger partial charge < -0.3 is 29.0 Å². The normalized spacial score (nSPS) is 30.0. The topological polar surface area (TPSA) is 178 Å². The zero-order valence-electron chi connectivity index (χ0n) is 13.0. The first-order valence-electron chi connectivity index (χ1n) is 6.54. The minimum absolute atomic E-state index is 0.0395.